The summed E-state index contributed by atoms with van der Waals surface area (Å²) in [6, 6.07) is 44.9. The molecular formula is C86H96ClF5N10O7. The molecular weight excluding hydrogens is 1420 g/mol. The number of aromatic nitrogens is 5. The Balaban J connectivity index is 0.000000213. The van der Waals surface area contributed by atoms with Crippen LogP contribution in [0.1, 0.15) is 84.7 Å². The van der Waals surface area contributed by atoms with Gasteiger partial charge in [-0.05, 0) is 247 Å². The third-order valence-electron chi connectivity index (χ3n) is 18.0. The summed E-state index contributed by atoms with van der Waals surface area (Å²) >= 11 is 5.97. The number of carbonyl (C=O) groups excluding carboxylic acids is 5. The van der Waals surface area contributed by atoms with Crippen molar-refractivity contribution in [3.63, 3.8) is 0 Å². The van der Waals surface area contributed by atoms with Crippen molar-refractivity contribution >= 4 is 40.5 Å². The van der Waals surface area contributed by atoms with Gasteiger partial charge in [0.2, 0.25) is 0 Å². The maximum absolute atomic E-state index is 13.7. The molecule has 574 valence electrons. The lowest BCUT2D eigenvalue weighted by molar-refractivity contribution is -0.137. The van der Waals surface area contributed by atoms with Crippen LogP contribution in [0.4, 0.5) is 22.0 Å². The molecule has 23 heteroatoms. The van der Waals surface area contributed by atoms with Crippen molar-refractivity contribution in [3.05, 3.63) is 255 Å². The van der Waals surface area contributed by atoms with Gasteiger partial charge in [0.1, 0.15) is 40.5 Å². The van der Waals surface area contributed by atoms with Crippen molar-refractivity contribution in [3.8, 4) is 67.8 Å². The highest BCUT2D eigenvalue weighted by Crippen LogP contribution is 2.34. The van der Waals surface area contributed by atoms with Gasteiger partial charge in [-0.25, -0.2) is 8.78 Å². The zero-order chi connectivity index (χ0) is 80.1. The van der Waals surface area contributed by atoms with Crippen molar-refractivity contribution in [1.29, 1.82) is 0 Å². The average Bonchev–Trinajstić information content (AvgIpc) is 0.811. The van der Waals surface area contributed by atoms with E-state index in [2.05, 4.69) is 76.6 Å². The molecule has 0 saturated heterocycles. The predicted molar refractivity (Wildman–Crippen MR) is 422 cm³/mol. The van der Waals surface area contributed by atoms with Gasteiger partial charge in [-0.15, -0.1) is 0 Å². The van der Waals surface area contributed by atoms with Crippen LogP contribution in [-0.2, 0) is 62.3 Å². The van der Waals surface area contributed by atoms with Crippen LogP contribution in [0.5, 0.6) is 11.5 Å². The van der Waals surface area contributed by atoms with E-state index in [1.54, 1.807) is 93.7 Å². The number of nitrogens with zero attached hydrogens (tertiary/aromatic N) is 5. The van der Waals surface area contributed by atoms with E-state index in [1.807, 2.05) is 117 Å². The highest BCUT2D eigenvalue weighted by molar-refractivity contribution is 6.30. The lowest BCUT2D eigenvalue weighted by atomic mass is 10.0. The number of likely N-dealkylation sites (N-methyl/N-ethyl adjacent to an activating group) is 5. The number of alkyl halides is 3. The molecule has 5 atom stereocenters. The second kappa shape index (κ2) is 42.9. The molecule has 10 aromatic rings. The summed E-state index contributed by atoms with van der Waals surface area (Å²) in [5.41, 5.74) is 15.6. The molecule has 0 radical (unpaired) electrons. The second-order valence-electron chi connectivity index (χ2n) is 26.1. The van der Waals surface area contributed by atoms with E-state index >= 15 is 0 Å². The summed E-state index contributed by atoms with van der Waals surface area (Å²) in [6.45, 7) is 14.0. The summed E-state index contributed by atoms with van der Waals surface area (Å²) in [7, 11) is 11.8. The number of pyridine rings is 5. The van der Waals surface area contributed by atoms with E-state index in [0.29, 0.717) is 49.1 Å². The largest absolute Gasteiger partial charge is 0.497 e. The molecule has 5 aromatic heterocycles. The van der Waals surface area contributed by atoms with E-state index in [1.165, 1.54) is 44.7 Å². The molecule has 0 aliphatic carbocycles. The molecule has 0 bridgehead atoms. The lowest BCUT2D eigenvalue weighted by Crippen LogP contribution is -2.34. The van der Waals surface area contributed by atoms with Crippen LogP contribution in [0.25, 0.3) is 56.3 Å². The quantitative estimate of drug-likeness (QED) is 0.0302. The molecule has 5 aromatic carbocycles. The van der Waals surface area contributed by atoms with Gasteiger partial charge in [-0.2, -0.15) is 13.2 Å². The fourth-order valence-corrected chi connectivity index (χ4v) is 11.8. The van der Waals surface area contributed by atoms with Crippen LogP contribution >= 0.6 is 11.6 Å². The maximum Gasteiger partial charge on any atom is 0.416 e. The van der Waals surface area contributed by atoms with E-state index in [-0.39, 0.29) is 70.4 Å². The normalized spacial score (nSPS) is 12.3. The minimum absolute atomic E-state index is 0.0328. The van der Waals surface area contributed by atoms with Crippen LogP contribution in [0.3, 0.4) is 0 Å². The predicted octanol–water partition coefficient (Wildman–Crippen LogP) is 15.2. The smallest absolute Gasteiger partial charge is 0.416 e. The Labute approximate surface area is 640 Å². The summed E-state index contributed by atoms with van der Waals surface area (Å²) in [6.07, 6.45) is 7.40. The number of methoxy groups -OCH3 is 2. The van der Waals surface area contributed by atoms with E-state index in [9.17, 15) is 45.9 Å². The molecule has 10 rings (SSSR count). The van der Waals surface area contributed by atoms with Gasteiger partial charge >= 0.3 is 6.18 Å². The molecule has 17 nitrogen and oxygen atoms in total. The number of Topliss-reactive ketones (excluding diaryl/α,β-unsaturated/α-hetero) is 5. The summed E-state index contributed by atoms with van der Waals surface area (Å²) in [5.74, 6) is -0.191. The number of ether oxygens (including phenoxy) is 2. The highest BCUT2D eigenvalue weighted by atomic mass is 35.5. The summed E-state index contributed by atoms with van der Waals surface area (Å²) < 4.78 is 75.0. The van der Waals surface area contributed by atoms with Gasteiger partial charge in [-0.3, -0.25) is 48.9 Å². The third-order valence-corrected chi connectivity index (χ3v) is 18.2. The van der Waals surface area contributed by atoms with Crippen LogP contribution < -0.4 is 36.1 Å². The highest BCUT2D eigenvalue weighted by Gasteiger charge is 2.30. The van der Waals surface area contributed by atoms with E-state index in [4.69, 9.17) is 21.1 Å². The monoisotopic (exact) mass is 1510 g/mol. The van der Waals surface area contributed by atoms with Gasteiger partial charge in [0.25, 0.3) is 0 Å². The van der Waals surface area contributed by atoms with Gasteiger partial charge in [-0.1, -0.05) is 83.9 Å². The van der Waals surface area contributed by atoms with Gasteiger partial charge in [0.05, 0.1) is 78.5 Å². The molecule has 0 fully saturated rings. The molecule has 0 amide bonds. The average molecular weight is 1510 g/mol. The van der Waals surface area contributed by atoms with E-state index < -0.39 is 23.4 Å². The third kappa shape index (κ3) is 27.0. The van der Waals surface area contributed by atoms with Crippen molar-refractivity contribution in [2.24, 2.45) is 0 Å². The maximum atomic E-state index is 13.7. The lowest BCUT2D eigenvalue weighted by Gasteiger charge is -2.13. The number of hydrogen-bond donors (Lipinski definition) is 5. The minimum atomic E-state index is -4.34. The Morgan fingerprint density at radius 2 is 0.761 bits per heavy atom. The topological polar surface area (TPSA) is 228 Å². The first kappa shape index (κ1) is 87.5. The van der Waals surface area contributed by atoms with Gasteiger partial charge in [0.15, 0.2) is 11.6 Å². The molecule has 0 spiro atoms. The Morgan fingerprint density at radius 1 is 0.404 bits per heavy atom. The van der Waals surface area contributed by atoms with Gasteiger partial charge in [0, 0.05) is 69.9 Å². The first-order valence-electron chi connectivity index (χ1n) is 35.3. The Morgan fingerprint density at radius 3 is 1.07 bits per heavy atom. The van der Waals surface area contributed by atoms with Crippen LogP contribution in [0.15, 0.2) is 189 Å². The number of carbonyl (C=O) groups is 5. The van der Waals surface area contributed by atoms with Crippen molar-refractivity contribution < 1.29 is 55.4 Å². The second-order valence-corrected chi connectivity index (χ2v) is 26.5. The Bertz CT molecular complexity index is 4610. The molecule has 109 heavy (non-hydrogen) atoms. The van der Waals surface area contributed by atoms with Crippen LogP contribution in [0, 0.1) is 32.4 Å². The van der Waals surface area contributed by atoms with Crippen LogP contribution in [-0.4, -0.2) is 134 Å². The number of nitrogens with one attached hydrogen (secondary N) is 5. The Hall–Kier alpha value is -10.5. The molecule has 5 N–H and O–H groups in total. The summed E-state index contributed by atoms with van der Waals surface area (Å²) in [5, 5.41) is 15.7. The zero-order valence-electron chi connectivity index (χ0n) is 64.2. The van der Waals surface area contributed by atoms with E-state index in [0.717, 1.165) is 102 Å². The number of hydrogen-bond acceptors (Lipinski definition) is 17. The molecule has 5 heterocycles. The molecule has 0 aliphatic rings. The number of benzene rings is 5. The number of ketones is 5. The fraction of sp³-hybridized carbons (Fsp3) is 0.302. The first-order valence-corrected chi connectivity index (χ1v) is 35.6. The molecule has 0 aliphatic heterocycles. The Kier molecular flexibility index (Phi) is 34.4. The SMILES string of the molecule is CN[C@@H](Cc1ccc(-c2cc(F)cc(F)c2OC)nc1)C(C)=O.CN[C@@H](Cc1ccc(-c2ccc(C(F)(F)F)cc2)nc1)C(C)=O.CN[C@@H](Cc1ccc(-c2ccc(Cl)cc2C)nc1)C(C)=O.CN[C@@H](Cc1ccc(-c2ccc(OC)cc2C)nc1)C(C)=O.CN[C@@H](Cc1ccc(-c2cccc(C)c2)nc1)C(C)=O. The van der Waals surface area contributed by atoms with Crippen molar-refractivity contribution in [2.45, 2.75) is 124 Å². The number of halogens is 6. The van der Waals surface area contributed by atoms with Crippen molar-refractivity contribution in [1.82, 2.24) is 51.5 Å². The standard InChI is InChI=1S/C18H22N2O2.C17H19ClN2O.C17H17F3N2O.C17H18F2N2O2.C17H20N2O/c1-12-9-15(22-4)6-7-16(12)17-8-5-14(11-20-17)10-18(19-3)13(2)21;1-11-8-14(18)5-6-15(11)16-7-4-13(10-20-16)9-17(19-3)12(2)21;1-11(23)16(21-2)9-12-3-8-15(22-10-12)13-4-6-14(7-5-13)17(18,19)20;1-10(22)16(20-2)6-11-4-5-15(21-9-11)13-7-12(18)8-14(19)17(13)23-3;1-12-5-4-6-15(9-12)16-8-7-14(11-19-16)10-17(18-3)13(2)20/h5-9,11,18-19H,10H2,1-4H3;4-8,10,17,19H,9H2,1-3H3;3-8,10,16,21H,9H2,1-2H3;4-5,7-9,16,20H,6H2,1-3H3;4-9,11,17-18H,10H2,1-3H3/t18-;17-;2*16-;17-/m00000/s1. The molecule has 0 saturated carbocycles. The van der Waals surface area contributed by atoms with Crippen LogP contribution in [0.2, 0.25) is 5.02 Å². The molecule has 0 unspecified atom stereocenters. The fourth-order valence-electron chi connectivity index (χ4n) is 11.5. The van der Waals surface area contributed by atoms with Crippen molar-refractivity contribution in [2.75, 3.05) is 49.5 Å². The zero-order valence-corrected chi connectivity index (χ0v) is 64.9. The number of rotatable bonds is 27. The first-order chi connectivity index (χ1) is 51.9. The summed E-state index contributed by atoms with van der Waals surface area (Å²) in [4.78, 5) is 79.2. The van der Waals surface area contributed by atoms with Gasteiger partial charge < -0.3 is 36.1 Å². The minimum Gasteiger partial charge on any atom is -0.497 e. The number of aryl methyl sites for hydroxylation is 3.